The van der Waals surface area contributed by atoms with Gasteiger partial charge in [-0.15, -0.1) is 0 Å². The minimum absolute atomic E-state index is 0.0356. The van der Waals surface area contributed by atoms with Crippen molar-refractivity contribution in [1.82, 2.24) is 88.7 Å². The predicted molar refractivity (Wildman–Crippen MR) is 518 cm³/mol. The number of carbonyl (C=O) groups excluding carboxylic acids is 17. The molecule has 4 aliphatic rings. The molecule has 17 amide bonds. The van der Waals surface area contributed by atoms with Gasteiger partial charge in [0.2, 0.25) is 100 Å². The number of carboxylic acid groups (broad SMARTS) is 1. The Morgan fingerprint density at radius 2 is 1.07 bits per heavy atom. The summed E-state index contributed by atoms with van der Waals surface area (Å²) in [5, 5.41) is 66.3. The van der Waals surface area contributed by atoms with E-state index >= 15 is 28.8 Å². The third kappa shape index (κ3) is 38.7. The highest BCUT2D eigenvalue weighted by atomic mass is 35.5. The first-order valence-corrected chi connectivity index (χ1v) is 50.8. The van der Waals surface area contributed by atoms with E-state index in [2.05, 4.69) is 69.1 Å². The van der Waals surface area contributed by atoms with Crippen molar-refractivity contribution < 1.29 is 102 Å². The Bertz CT molecular complexity index is 4400. The summed E-state index contributed by atoms with van der Waals surface area (Å²) >= 11 is 6.53. The van der Waals surface area contributed by atoms with Gasteiger partial charge in [-0.1, -0.05) is 123 Å². The number of rotatable bonds is 63. The number of nitrogens with two attached hydrogens (primary N) is 5. The molecular formula is C92H147ClN22O21S2. The summed E-state index contributed by atoms with van der Waals surface area (Å²) < 4.78 is 0. The molecule has 17 unspecified atom stereocenters. The molecule has 4 heterocycles. The second-order valence-corrected chi connectivity index (χ2v) is 39.4. The molecule has 0 aliphatic carbocycles. The molecule has 2 aromatic rings. The lowest BCUT2D eigenvalue weighted by molar-refractivity contribution is -0.148. The van der Waals surface area contributed by atoms with Crippen molar-refractivity contribution >= 4 is 140 Å². The third-order valence-corrected chi connectivity index (χ3v) is 27.2. The zero-order valence-electron chi connectivity index (χ0n) is 80.2. The van der Waals surface area contributed by atoms with E-state index in [-0.39, 0.29) is 158 Å². The summed E-state index contributed by atoms with van der Waals surface area (Å²) in [6, 6.07) is -4.30. The summed E-state index contributed by atoms with van der Waals surface area (Å²) in [5.74, 6) is -15.0. The topological polar surface area (TPSA) is 667 Å². The fourth-order valence-corrected chi connectivity index (χ4v) is 19.3. The number of unbranched alkanes of at least 4 members (excludes halogenated alkanes) is 3. The zero-order chi connectivity index (χ0) is 102. The van der Waals surface area contributed by atoms with Gasteiger partial charge in [-0.25, -0.2) is 0 Å². The number of hydrogen-bond donors (Lipinski definition) is 21. The highest BCUT2D eigenvalue weighted by Crippen LogP contribution is 2.30. The molecule has 2 aromatic carbocycles. The minimum atomic E-state index is -1.61. The number of nitrogens with zero attached hydrogens (tertiary/aromatic N) is 4. The average Bonchev–Trinajstić information content (AvgIpc) is 1.73. The zero-order valence-corrected chi connectivity index (χ0v) is 82.6. The van der Waals surface area contributed by atoms with Crippen LogP contribution in [-0.4, -0.2) is 321 Å². The van der Waals surface area contributed by atoms with Crippen molar-refractivity contribution in [2.75, 3.05) is 77.1 Å². The molecule has 770 valence electrons. The predicted octanol–water partition coefficient (Wildman–Crippen LogP) is -2.57. The summed E-state index contributed by atoms with van der Waals surface area (Å²) in [4.78, 5) is 258. The van der Waals surface area contributed by atoms with Gasteiger partial charge in [-0.2, -0.15) is 0 Å². The van der Waals surface area contributed by atoms with Crippen molar-refractivity contribution in [1.29, 1.82) is 0 Å². The number of aliphatic hydroxyl groups excluding tert-OH is 2. The quantitative estimate of drug-likeness (QED) is 0.0184. The summed E-state index contributed by atoms with van der Waals surface area (Å²) in [6.07, 6.45) is 2.56. The van der Waals surface area contributed by atoms with Gasteiger partial charge in [0, 0.05) is 94.6 Å². The molecule has 4 fully saturated rings. The molecule has 0 saturated carbocycles. The number of primary amides is 2. The van der Waals surface area contributed by atoms with E-state index in [4.69, 9.17) is 40.3 Å². The fraction of sp³-hybridized carbons (Fsp3) is 0.674. The van der Waals surface area contributed by atoms with E-state index in [0.29, 0.717) is 69.9 Å². The molecule has 138 heavy (non-hydrogen) atoms. The molecule has 17 atom stereocenters. The first-order valence-electron chi connectivity index (χ1n) is 47.9. The normalized spacial score (nSPS) is 19.0. The van der Waals surface area contributed by atoms with Crippen LogP contribution in [0, 0.1) is 11.8 Å². The van der Waals surface area contributed by atoms with Crippen LogP contribution in [0.15, 0.2) is 54.6 Å². The maximum absolute atomic E-state index is 15.6. The molecule has 4 aliphatic heterocycles. The molecule has 43 nitrogen and oxygen atoms in total. The molecule has 6 rings (SSSR count). The number of halogens is 1. The standard InChI is InChI=1S/C92H147ClN22O21S2/c1-8-9-25-60(48-112-42-35-71(112)87(131)100-55(6)80(124)111-69(50-116)79(98)123)102-81(125)63(26-13-15-37-94)105-82(126)64(28-18-39-99-52-96)106-84(128)67(44-53(2)3)109-83(127)65(107-85(129)68(46-58-23-17-24-59(93)45-58)110-89(133)74-47-61(118)49-115(74)92(136)77(54(4)5)101-56(7)117)36-43-137-138-51-70(103-75(119)33-31-57-21-11-10-12-22-57)86(130)108-66(27-14-16-38-95)90(134)114-41-20-30-73(114)91(135)113-40-19-29-72(113)88(132)104-62(78(97)122)32-34-76(120)121/h10-12,17,21-24,45,53-55,60-74,77,99,116,118H,8-9,13-16,18-20,25-44,46-52,94-96H2,1-7H3,(H2,97,122)(H2,98,123)(H,100,131)(H,101,117)(H,102,125)(H,103,119)(H,104,132)(H,105,126)(H,106,128)(H,107,129)(H,108,130)(H,109,127)(H,110,133)(H,111,124)(H,120,121). The van der Waals surface area contributed by atoms with Crippen LogP contribution in [0.2, 0.25) is 5.02 Å². The SMILES string of the molecule is CCCCC(CN1CCC1C(=O)NC(C)C(=O)NC(CO)C(N)=O)NC(=O)C(CCCCN)NC(=O)C(CCCNCN)NC(=O)C(CC(C)C)NC(=O)C(CCSSCC(NC(=O)CCc1ccccc1)C(=O)NC(CCCCN)C(=O)N1CCCC1C(=O)N1CCCC1C(=O)NC(CCC(=O)O)C(N)=O)NC(=O)C(Cc1cccc(Cl)c1)NC(=O)C1CC(O)CN1C(=O)C(NC(C)=O)C(C)C. The number of hydrogen-bond acceptors (Lipinski definition) is 27. The van der Waals surface area contributed by atoms with Gasteiger partial charge in [-0.05, 0) is 177 Å². The molecule has 0 bridgehead atoms. The van der Waals surface area contributed by atoms with Crippen LogP contribution >= 0.6 is 33.2 Å². The van der Waals surface area contributed by atoms with Gasteiger partial charge in [0.25, 0.3) is 0 Å². The third-order valence-electron chi connectivity index (χ3n) is 24.5. The number of amides is 17. The molecule has 0 spiro atoms. The van der Waals surface area contributed by atoms with Crippen LogP contribution in [0.1, 0.15) is 201 Å². The molecule has 4 saturated heterocycles. The maximum Gasteiger partial charge on any atom is 0.303 e. The minimum Gasteiger partial charge on any atom is -0.481 e. The van der Waals surface area contributed by atoms with Crippen LogP contribution in [0.5, 0.6) is 0 Å². The van der Waals surface area contributed by atoms with Crippen LogP contribution in [0.25, 0.3) is 0 Å². The monoisotopic (exact) mass is 2000 g/mol. The van der Waals surface area contributed by atoms with Crippen molar-refractivity contribution in [3.8, 4) is 0 Å². The van der Waals surface area contributed by atoms with Gasteiger partial charge in [0.1, 0.15) is 84.6 Å². The Kier molecular flexibility index (Phi) is 51.1. The Hall–Kier alpha value is -10.4. The average molecular weight is 2000 g/mol. The number of carboxylic acids is 1. The number of aryl methyl sites for hydroxylation is 1. The Labute approximate surface area is 819 Å². The van der Waals surface area contributed by atoms with Crippen LogP contribution in [0.4, 0.5) is 0 Å². The molecule has 0 aromatic heterocycles. The largest absolute Gasteiger partial charge is 0.481 e. The Morgan fingerprint density at radius 3 is 1.65 bits per heavy atom. The molecule has 46 heteroatoms. The van der Waals surface area contributed by atoms with Crippen LogP contribution in [-0.2, 0) is 99.1 Å². The summed E-state index contributed by atoms with van der Waals surface area (Å²) in [5.41, 5.74) is 29.8. The van der Waals surface area contributed by atoms with Gasteiger partial charge in [0.15, 0.2) is 0 Å². The highest BCUT2D eigenvalue weighted by Gasteiger charge is 2.47. The summed E-state index contributed by atoms with van der Waals surface area (Å²) in [7, 11) is 2.17. The Balaban J connectivity index is 1.33. The Morgan fingerprint density at radius 1 is 0.507 bits per heavy atom. The fourth-order valence-electron chi connectivity index (χ4n) is 16.8. The summed E-state index contributed by atoms with van der Waals surface area (Å²) in [6.45, 7) is 12.1. The van der Waals surface area contributed by atoms with Gasteiger partial charge >= 0.3 is 5.97 Å². The van der Waals surface area contributed by atoms with Gasteiger partial charge in [-0.3, -0.25) is 91.2 Å². The van der Waals surface area contributed by atoms with E-state index < -0.39 is 228 Å². The molecule has 0 radical (unpaired) electrons. The van der Waals surface area contributed by atoms with Crippen molar-refractivity contribution in [3.05, 3.63) is 70.7 Å². The van der Waals surface area contributed by atoms with E-state index in [1.165, 1.54) is 23.6 Å². The lowest BCUT2D eigenvalue weighted by atomic mass is 9.98. The van der Waals surface area contributed by atoms with Crippen LogP contribution < -0.4 is 97.8 Å². The van der Waals surface area contributed by atoms with E-state index in [0.717, 1.165) is 38.5 Å². The van der Waals surface area contributed by atoms with Crippen molar-refractivity contribution in [2.45, 2.75) is 305 Å². The first-order chi connectivity index (χ1) is 65.7. The highest BCUT2D eigenvalue weighted by molar-refractivity contribution is 8.76. The molecule has 26 N–H and O–H groups in total. The second kappa shape index (κ2) is 60.6. The first kappa shape index (κ1) is 116. The van der Waals surface area contributed by atoms with Crippen molar-refractivity contribution in [2.24, 2.45) is 40.5 Å². The second-order valence-electron chi connectivity index (χ2n) is 36.4. The maximum atomic E-state index is 15.6. The number of nitrogens with one attached hydrogen (secondary N) is 13. The van der Waals surface area contributed by atoms with E-state index in [1.54, 1.807) is 64.1 Å². The molecular weight excluding hydrogens is 1850 g/mol. The number of likely N-dealkylation sites (tertiary alicyclic amines) is 4. The van der Waals surface area contributed by atoms with E-state index in [1.807, 2.05) is 30.0 Å². The number of aliphatic carboxylic acids is 1. The number of benzene rings is 2. The lowest BCUT2D eigenvalue weighted by Gasteiger charge is -2.42. The van der Waals surface area contributed by atoms with Gasteiger partial charge < -0.3 is 128 Å². The number of aliphatic hydroxyl groups is 2. The number of carbonyl (C=O) groups is 18. The van der Waals surface area contributed by atoms with E-state index in [9.17, 15) is 72.9 Å². The van der Waals surface area contributed by atoms with Crippen LogP contribution in [0.3, 0.4) is 0 Å². The number of β-amino-alcohol motifs (C(OH)–C–C–N with tert-alkyl or cyclic N) is 1. The smallest absolute Gasteiger partial charge is 0.303 e. The lowest BCUT2D eigenvalue weighted by Crippen LogP contribution is -2.62. The van der Waals surface area contributed by atoms with Crippen molar-refractivity contribution in [3.63, 3.8) is 0 Å². The van der Waals surface area contributed by atoms with Gasteiger partial charge in [0.05, 0.1) is 18.8 Å².